The van der Waals surface area contributed by atoms with Gasteiger partial charge in [0.25, 0.3) is 0 Å². The van der Waals surface area contributed by atoms with Crippen molar-refractivity contribution in [1.29, 1.82) is 0 Å². The minimum atomic E-state index is 0.143. The van der Waals surface area contributed by atoms with E-state index >= 15 is 0 Å². The van der Waals surface area contributed by atoms with Gasteiger partial charge in [0.2, 0.25) is 0 Å². The topological polar surface area (TPSA) is 40.5 Å². The number of likely N-dealkylation sites (tertiary alicyclic amines) is 1. The third-order valence-corrected chi connectivity index (χ3v) is 4.45. The second kappa shape index (κ2) is 5.96. The first-order valence-corrected chi connectivity index (χ1v) is 7.00. The molecule has 0 amide bonds. The fraction of sp³-hybridized carbons (Fsp3) is 0.583. The molecule has 0 spiro atoms. The molecule has 0 unspecified atom stereocenters. The monoisotopic (exact) mass is 273 g/mol. The molecule has 0 radical (unpaired) electrons. The Balaban J connectivity index is 1.84. The smallest absolute Gasteiger partial charge is 0.186 e. The van der Waals surface area contributed by atoms with Gasteiger partial charge in [-0.2, -0.15) is 0 Å². The Bertz CT molecular complexity index is 386. The van der Waals surface area contributed by atoms with E-state index in [-0.39, 0.29) is 12.4 Å². The zero-order valence-electron chi connectivity index (χ0n) is 9.56. The zero-order chi connectivity index (χ0) is 12.3. The van der Waals surface area contributed by atoms with Crippen molar-refractivity contribution in [3.8, 4) is 0 Å². The van der Waals surface area contributed by atoms with Crippen LogP contribution in [0.3, 0.4) is 0 Å². The van der Waals surface area contributed by atoms with E-state index in [9.17, 15) is 4.79 Å². The fourth-order valence-corrected chi connectivity index (χ4v) is 3.05. The van der Waals surface area contributed by atoms with E-state index in [1.807, 2.05) is 0 Å². The molecule has 1 aromatic heterocycles. The molecule has 1 aliphatic rings. The fourth-order valence-electron chi connectivity index (χ4n) is 2.07. The Kier molecular flexibility index (Phi) is 4.56. The molecule has 5 heteroatoms. The molecule has 1 aromatic rings. The Morgan fingerprint density at radius 3 is 2.71 bits per heavy atom. The maximum atomic E-state index is 11.9. The average molecular weight is 274 g/mol. The number of ketones is 1. The molecule has 2 heterocycles. The number of carbonyl (C=O) groups is 1. The van der Waals surface area contributed by atoms with Crippen LogP contribution in [0, 0.1) is 5.92 Å². The van der Waals surface area contributed by atoms with E-state index in [4.69, 9.17) is 16.7 Å². The number of carbonyl (C=O) groups excluding carboxylic acids is 1. The van der Waals surface area contributed by atoms with Crippen molar-refractivity contribution in [2.75, 3.05) is 26.2 Å². The number of Topliss-reactive ketones (excluding diaryl/α,β-unsaturated/α-hetero) is 1. The summed E-state index contributed by atoms with van der Waals surface area (Å²) in [6.07, 6.45) is 1.96. The number of piperidine rings is 1. The molecule has 17 heavy (non-hydrogen) atoms. The summed E-state index contributed by atoms with van der Waals surface area (Å²) in [5, 5.41) is 9.04. The first-order chi connectivity index (χ1) is 8.19. The van der Waals surface area contributed by atoms with Crippen LogP contribution in [0.1, 0.15) is 22.5 Å². The number of aliphatic hydroxyl groups excluding tert-OH is 1. The van der Waals surface area contributed by atoms with Crippen LogP contribution in [0.4, 0.5) is 0 Å². The van der Waals surface area contributed by atoms with E-state index in [2.05, 4.69) is 4.90 Å². The molecule has 0 aromatic carbocycles. The summed E-state index contributed by atoms with van der Waals surface area (Å²) in [4.78, 5) is 14.8. The van der Waals surface area contributed by atoms with Crippen LogP contribution < -0.4 is 0 Å². The molecule has 0 atom stereocenters. The summed E-state index contributed by atoms with van der Waals surface area (Å²) >= 11 is 7.15. The predicted octanol–water partition coefficient (Wildman–Crippen LogP) is 2.29. The summed E-state index contributed by atoms with van der Waals surface area (Å²) in [6.45, 7) is 2.53. The van der Waals surface area contributed by atoms with Crippen molar-refractivity contribution >= 4 is 28.7 Å². The minimum Gasteiger partial charge on any atom is -0.396 e. The molecule has 3 nitrogen and oxygen atoms in total. The normalized spacial score (nSPS) is 18.5. The third-order valence-electron chi connectivity index (χ3n) is 3.18. The average Bonchev–Trinajstić information content (AvgIpc) is 2.77. The lowest BCUT2D eigenvalue weighted by Gasteiger charge is -2.30. The van der Waals surface area contributed by atoms with Crippen LogP contribution in [-0.2, 0) is 0 Å². The lowest BCUT2D eigenvalue weighted by Crippen LogP contribution is -2.38. The zero-order valence-corrected chi connectivity index (χ0v) is 11.1. The van der Waals surface area contributed by atoms with Crippen LogP contribution in [0.25, 0.3) is 0 Å². The van der Waals surface area contributed by atoms with Crippen molar-refractivity contribution in [3.05, 3.63) is 21.3 Å². The van der Waals surface area contributed by atoms with E-state index in [1.165, 1.54) is 11.3 Å². The predicted molar refractivity (Wildman–Crippen MR) is 69.9 cm³/mol. The molecule has 0 saturated carbocycles. The van der Waals surface area contributed by atoms with Crippen molar-refractivity contribution in [2.45, 2.75) is 12.8 Å². The lowest BCUT2D eigenvalue weighted by atomic mass is 9.98. The molecule has 0 bridgehead atoms. The number of aliphatic hydroxyl groups is 1. The van der Waals surface area contributed by atoms with Crippen LogP contribution in [-0.4, -0.2) is 42.0 Å². The first kappa shape index (κ1) is 13.0. The Morgan fingerprint density at radius 1 is 1.47 bits per heavy atom. The van der Waals surface area contributed by atoms with E-state index in [1.54, 1.807) is 12.1 Å². The number of halogens is 1. The number of hydrogen-bond donors (Lipinski definition) is 1. The SMILES string of the molecule is O=C(CN1CCC(CO)CC1)c1ccc(Cl)s1. The summed E-state index contributed by atoms with van der Waals surface area (Å²) in [5.74, 6) is 0.557. The lowest BCUT2D eigenvalue weighted by molar-refractivity contribution is 0.0868. The maximum absolute atomic E-state index is 11.9. The van der Waals surface area contributed by atoms with Gasteiger partial charge in [-0.25, -0.2) is 0 Å². The van der Waals surface area contributed by atoms with Crippen molar-refractivity contribution < 1.29 is 9.90 Å². The minimum absolute atomic E-state index is 0.143. The van der Waals surface area contributed by atoms with Crippen LogP contribution in [0.2, 0.25) is 4.34 Å². The van der Waals surface area contributed by atoms with E-state index in [0.717, 1.165) is 30.8 Å². The Hall–Kier alpha value is -0.420. The Labute approximate surface area is 110 Å². The van der Waals surface area contributed by atoms with Gasteiger partial charge in [-0.05, 0) is 44.0 Å². The molecule has 1 saturated heterocycles. The highest BCUT2D eigenvalue weighted by Gasteiger charge is 2.21. The van der Waals surface area contributed by atoms with Crippen molar-refractivity contribution in [1.82, 2.24) is 4.90 Å². The highest BCUT2D eigenvalue weighted by molar-refractivity contribution is 7.18. The second-order valence-electron chi connectivity index (χ2n) is 4.43. The van der Waals surface area contributed by atoms with Gasteiger partial charge in [-0.1, -0.05) is 11.6 Å². The van der Waals surface area contributed by atoms with Crippen LogP contribution >= 0.6 is 22.9 Å². The van der Waals surface area contributed by atoms with Gasteiger partial charge in [-0.3, -0.25) is 9.69 Å². The maximum Gasteiger partial charge on any atom is 0.186 e. The molecular weight excluding hydrogens is 258 g/mol. The largest absolute Gasteiger partial charge is 0.396 e. The third kappa shape index (κ3) is 3.52. The molecule has 1 fully saturated rings. The molecule has 94 valence electrons. The molecule has 0 aliphatic carbocycles. The summed E-state index contributed by atoms with van der Waals surface area (Å²) < 4.78 is 0.660. The molecule has 1 aliphatic heterocycles. The van der Waals surface area contributed by atoms with Gasteiger partial charge in [0.1, 0.15) is 0 Å². The van der Waals surface area contributed by atoms with Gasteiger partial charge < -0.3 is 5.11 Å². The highest BCUT2D eigenvalue weighted by Crippen LogP contribution is 2.23. The van der Waals surface area contributed by atoms with Crippen molar-refractivity contribution in [3.63, 3.8) is 0 Å². The Morgan fingerprint density at radius 2 is 2.18 bits per heavy atom. The van der Waals surface area contributed by atoms with Gasteiger partial charge in [0.15, 0.2) is 5.78 Å². The molecule has 1 N–H and O–H groups in total. The summed E-state index contributed by atoms with van der Waals surface area (Å²) in [7, 11) is 0. The highest BCUT2D eigenvalue weighted by atomic mass is 35.5. The number of rotatable bonds is 4. The van der Waals surface area contributed by atoms with Gasteiger partial charge in [-0.15, -0.1) is 11.3 Å². The number of nitrogens with zero attached hydrogens (tertiary/aromatic N) is 1. The second-order valence-corrected chi connectivity index (χ2v) is 6.14. The summed E-state index contributed by atoms with van der Waals surface area (Å²) in [6, 6.07) is 3.55. The standard InChI is InChI=1S/C12H16ClNO2S/c13-12-2-1-11(17-12)10(16)7-14-5-3-9(8-15)4-6-14/h1-2,9,15H,3-8H2. The van der Waals surface area contributed by atoms with E-state index < -0.39 is 0 Å². The quantitative estimate of drug-likeness (QED) is 0.856. The first-order valence-electron chi connectivity index (χ1n) is 5.81. The van der Waals surface area contributed by atoms with Crippen LogP contribution in [0.5, 0.6) is 0 Å². The van der Waals surface area contributed by atoms with Gasteiger partial charge in [0, 0.05) is 6.61 Å². The van der Waals surface area contributed by atoms with Gasteiger partial charge >= 0.3 is 0 Å². The van der Waals surface area contributed by atoms with Crippen molar-refractivity contribution in [2.24, 2.45) is 5.92 Å². The number of hydrogen-bond acceptors (Lipinski definition) is 4. The van der Waals surface area contributed by atoms with E-state index in [0.29, 0.717) is 16.8 Å². The molecule has 2 rings (SSSR count). The van der Waals surface area contributed by atoms with Crippen LogP contribution in [0.15, 0.2) is 12.1 Å². The van der Waals surface area contributed by atoms with Gasteiger partial charge in [0.05, 0.1) is 15.8 Å². The number of thiophene rings is 1. The molecular formula is C12H16ClNO2S. The summed E-state index contributed by atoms with van der Waals surface area (Å²) in [5.41, 5.74) is 0.